The smallest absolute Gasteiger partial charge is 0.259 e. The minimum absolute atomic E-state index is 0.00398. The highest BCUT2D eigenvalue weighted by Crippen LogP contribution is 2.16. The summed E-state index contributed by atoms with van der Waals surface area (Å²) in [4.78, 5) is 18.1. The van der Waals surface area contributed by atoms with Crippen molar-refractivity contribution in [2.24, 2.45) is 13.0 Å². The van der Waals surface area contributed by atoms with Crippen LogP contribution in [0.15, 0.2) is 11.2 Å². The van der Waals surface area contributed by atoms with Gasteiger partial charge in [-0.3, -0.25) is 4.79 Å². The molecule has 0 bridgehead atoms. The van der Waals surface area contributed by atoms with E-state index in [1.807, 2.05) is 11.9 Å². The molecule has 1 aromatic rings. The first-order valence-corrected chi connectivity index (χ1v) is 9.74. The molecule has 1 amide bonds. The van der Waals surface area contributed by atoms with Crippen LogP contribution >= 0.6 is 0 Å². The lowest BCUT2D eigenvalue weighted by Crippen LogP contribution is -2.43. The number of amides is 1. The maximum Gasteiger partial charge on any atom is 0.259 e. The van der Waals surface area contributed by atoms with Crippen LogP contribution in [-0.4, -0.2) is 62.0 Å². The van der Waals surface area contributed by atoms with Gasteiger partial charge in [0, 0.05) is 39.3 Å². The third-order valence-corrected chi connectivity index (χ3v) is 5.69. The number of rotatable bonds is 7. The predicted octanol–water partition coefficient (Wildman–Crippen LogP) is -0.145. The summed E-state index contributed by atoms with van der Waals surface area (Å²) in [6, 6.07) is 0. The van der Waals surface area contributed by atoms with Crippen molar-refractivity contribution in [3.63, 3.8) is 0 Å². The zero-order valence-electron chi connectivity index (χ0n) is 14.6. The fourth-order valence-electron chi connectivity index (χ4n) is 2.93. The van der Waals surface area contributed by atoms with Gasteiger partial charge in [-0.05, 0) is 39.3 Å². The van der Waals surface area contributed by atoms with Crippen LogP contribution in [-0.2, 0) is 21.9 Å². The summed E-state index contributed by atoms with van der Waals surface area (Å²) in [5, 5.41) is 3.13. The molecule has 0 saturated carbocycles. The Bertz CT molecular complexity index is 649. The van der Waals surface area contributed by atoms with Crippen LogP contribution in [0.25, 0.3) is 0 Å². The molecular weight excluding hydrogens is 330 g/mol. The van der Waals surface area contributed by atoms with Gasteiger partial charge in [0.15, 0.2) is 5.03 Å². The molecule has 2 rings (SSSR count). The number of nitrogens with zero attached hydrogens (tertiary/aromatic N) is 3. The Morgan fingerprint density at radius 1 is 1.46 bits per heavy atom. The molecule has 2 N–H and O–H groups in total. The Hall–Kier alpha value is -1.45. The van der Waals surface area contributed by atoms with Crippen LogP contribution in [0.4, 0.5) is 0 Å². The van der Waals surface area contributed by atoms with Gasteiger partial charge in [-0.1, -0.05) is 0 Å². The second kappa shape index (κ2) is 8.09. The SMILES string of the molecule is CNCC1CCCN(C(=O)CCNS(=O)(=O)c2cn(C)c(C)n2)C1. The first-order chi connectivity index (χ1) is 11.3. The fourth-order valence-corrected chi connectivity index (χ4v) is 3.99. The van der Waals surface area contributed by atoms with Crippen molar-refractivity contribution in [2.45, 2.75) is 31.2 Å². The number of aromatic nitrogens is 2. The Morgan fingerprint density at radius 2 is 2.21 bits per heavy atom. The number of carbonyl (C=O) groups excluding carboxylic acids is 1. The Balaban J connectivity index is 1.83. The van der Waals surface area contributed by atoms with Crippen molar-refractivity contribution in [1.82, 2.24) is 24.5 Å². The van der Waals surface area contributed by atoms with Gasteiger partial charge in [0.05, 0.1) is 0 Å². The molecule has 1 unspecified atom stereocenters. The van der Waals surface area contributed by atoms with Crippen LogP contribution < -0.4 is 10.0 Å². The van der Waals surface area contributed by atoms with Crippen molar-refractivity contribution in [3.05, 3.63) is 12.0 Å². The highest BCUT2D eigenvalue weighted by molar-refractivity contribution is 7.89. The highest BCUT2D eigenvalue weighted by Gasteiger charge is 2.24. The molecule has 136 valence electrons. The minimum Gasteiger partial charge on any atom is -0.342 e. The van der Waals surface area contributed by atoms with E-state index in [-0.39, 0.29) is 23.9 Å². The minimum atomic E-state index is -3.67. The Kier molecular flexibility index (Phi) is 6.36. The lowest BCUT2D eigenvalue weighted by Gasteiger charge is -2.32. The van der Waals surface area contributed by atoms with E-state index >= 15 is 0 Å². The molecule has 1 saturated heterocycles. The van der Waals surface area contributed by atoms with Crippen LogP contribution in [0.3, 0.4) is 0 Å². The molecule has 0 aliphatic carbocycles. The van der Waals surface area contributed by atoms with Gasteiger partial charge in [0.1, 0.15) is 5.82 Å². The summed E-state index contributed by atoms with van der Waals surface area (Å²) in [5.41, 5.74) is 0. The first kappa shape index (κ1) is 18.9. The summed E-state index contributed by atoms with van der Waals surface area (Å²) < 4.78 is 28.5. The Morgan fingerprint density at radius 3 is 2.83 bits per heavy atom. The van der Waals surface area contributed by atoms with E-state index < -0.39 is 10.0 Å². The molecule has 0 spiro atoms. The van der Waals surface area contributed by atoms with E-state index in [4.69, 9.17) is 0 Å². The standard InChI is InChI=1S/C15H27N5O3S/c1-12-18-14(11-19(12)3)24(22,23)17-7-6-15(21)20-8-4-5-13(10-20)9-16-2/h11,13,16-17H,4-10H2,1-3H3. The lowest BCUT2D eigenvalue weighted by atomic mass is 9.98. The molecule has 1 aliphatic rings. The molecule has 8 nitrogen and oxygen atoms in total. The molecular formula is C15H27N5O3S. The number of nitrogens with one attached hydrogen (secondary N) is 2. The van der Waals surface area contributed by atoms with E-state index in [0.29, 0.717) is 11.7 Å². The van der Waals surface area contributed by atoms with Crippen molar-refractivity contribution < 1.29 is 13.2 Å². The number of likely N-dealkylation sites (tertiary alicyclic amines) is 1. The quantitative estimate of drug-likeness (QED) is 0.708. The van der Waals surface area contributed by atoms with E-state index in [1.54, 1.807) is 18.5 Å². The van der Waals surface area contributed by atoms with Gasteiger partial charge in [0.25, 0.3) is 10.0 Å². The van der Waals surface area contributed by atoms with Crippen molar-refractivity contribution >= 4 is 15.9 Å². The van der Waals surface area contributed by atoms with Gasteiger partial charge in [-0.2, -0.15) is 0 Å². The van der Waals surface area contributed by atoms with Crippen molar-refractivity contribution in [1.29, 1.82) is 0 Å². The molecule has 9 heteroatoms. The zero-order valence-corrected chi connectivity index (χ0v) is 15.4. The monoisotopic (exact) mass is 357 g/mol. The predicted molar refractivity (Wildman–Crippen MR) is 91.0 cm³/mol. The molecule has 1 aliphatic heterocycles. The van der Waals surface area contributed by atoms with Crippen LogP contribution in [0.2, 0.25) is 0 Å². The van der Waals surface area contributed by atoms with Crippen molar-refractivity contribution in [3.8, 4) is 0 Å². The number of sulfonamides is 1. The number of carbonyl (C=O) groups is 1. The average molecular weight is 357 g/mol. The fraction of sp³-hybridized carbons (Fsp3) is 0.733. The summed E-state index contributed by atoms with van der Waals surface area (Å²) in [6.45, 7) is 4.22. The van der Waals surface area contributed by atoms with E-state index in [2.05, 4.69) is 15.0 Å². The number of hydrogen-bond acceptors (Lipinski definition) is 5. The van der Waals surface area contributed by atoms with E-state index in [1.165, 1.54) is 6.20 Å². The molecule has 1 aromatic heterocycles. The molecule has 0 radical (unpaired) electrons. The van der Waals surface area contributed by atoms with Gasteiger partial charge < -0.3 is 14.8 Å². The summed E-state index contributed by atoms with van der Waals surface area (Å²) in [6.07, 6.45) is 3.75. The summed E-state index contributed by atoms with van der Waals surface area (Å²) >= 11 is 0. The number of aryl methyl sites for hydroxylation is 2. The third kappa shape index (κ3) is 4.78. The highest BCUT2D eigenvalue weighted by atomic mass is 32.2. The van der Waals surface area contributed by atoms with Gasteiger partial charge in [-0.15, -0.1) is 0 Å². The maximum atomic E-state index is 12.3. The molecule has 1 fully saturated rings. The number of hydrogen-bond donors (Lipinski definition) is 2. The topological polar surface area (TPSA) is 96.3 Å². The maximum absolute atomic E-state index is 12.3. The summed E-state index contributed by atoms with van der Waals surface area (Å²) in [7, 11) is -0.0199. The normalized spacial score (nSPS) is 18.8. The van der Waals surface area contributed by atoms with E-state index in [0.717, 1.165) is 32.5 Å². The van der Waals surface area contributed by atoms with Gasteiger partial charge >= 0.3 is 0 Å². The molecule has 0 aromatic carbocycles. The first-order valence-electron chi connectivity index (χ1n) is 8.25. The largest absolute Gasteiger partial charge is 0.342 e. The Labute approximate surface area is 143 Å². The van der Waals surface area contributed by atoms with Crippen LogP contribution in [0.5, 0.6) is 0 Å². The van der Waals surface area contributed by atoms with Crippen LogP contribution in [0, 0.1) is 12.8 Å². The average Bonchev–Trinajstić information content (AvgIpc) is 2.88. The van der Waals surface area contributed by atoms with Gasteiger partial charge in [0.2, 0.25) is 5.91 Å². The summed E-state index contributed by atoms with van der Waals surface area (Å²) in [5.74, 6) is 1.09. The van der Waals surface area contributed by atoms with Crippen LogP contribution in [0.1, 0.15) is 25.1 Å². The van der Waals surface area contributed by atoms with E-state index in [9.17, 15) is 13.2 Å². The second-order valence-corrected chi connectivity index (χ2v) is 8.00. The molecule has 1 atom stereocenters. The van der Waals surface area contributed by atoms with Crippen molar-refractivity contribution in [2.75, 3.05) is 33.2 Å². The number of piperidine rings is 1. The third-order valence-electron chi connectivity index (χ3n) is 4.36. The zero-order chi connectivity index (χ0) is 17.7. The second-order valence-electron chi connectivity index (χ2n) is 6.29. The lowest BCUT2D eigenvalue weighted by molar-refractivity contribution is -0.132. The van der Waals surface area contributed by atoms with Gasteiger partial charge in [-0.25, -0.2) is 18.1 Å². The molecule has 24 heavy (non-hydrogen) atoms. The number of imidazole rings is 1. The molecule has 2 heterocycles.